The number of methoxy groups -OCH3 is 3. The van der Waals surface area contributed by atoms with Crippen LogP contribution in [0.4, 0.5) is 5.00 Å². The molecule has 30 heavy (non-hydrogen) atoms. The Hall–Kier alpha value is -3.27. The number of esters is 2. The number of thiophene rings is 1. The van der Waals surface area contributed by atoms with Crippen LogP contribution in [0, 0.1) is 6.92 Å². The highest BCUT2D eigenvalue weighted by Crippen LogP contribution is 2.40. The summed E-state index contributed by atoms with van der Waals surface area (Å²) in [6.07, 6.45) is 0. The second kappa shape index (κ2) is 10.5. The fourth-order valence-electron chi connectivity index (χ4n) is 2.59. The molecule has 0 aliphatic carbocycles. The highest BCUT2D eigenvalue weighted by atomic mass is 32.1. The average Bonchev–Trinajstić information content (AvgIpc) is 3.10. The lowest BCUT2D eigenvalue weighted by Crippen LogP contribution is -2.20. The van der Waals surface area contributed by atoms with E-state index in [1.54, 1.807) is 19.9 Å². The number of hydrogen-bond donors (Lipinski definition) is 1. The molecule has 0 radical (unpaired) electrons. The highest BCUT2D eigenvalue weighted by molar-refractivity contribution is 7.18. The number of anilines is 1. The van der Waals surface area contributed by atoms with E-state index in [2.05, 4.69) is 5.32 Å². The quantitative estimate of drug-likeness (QED) is 0.596. The third kappa shape index (κ3) is 5.20. The van der Waals surface area contributed by atoms with E-state index in [-0.39, 0.29) is 23.7 Å². The van der Waals surface area contributed by atoms with Crippen molar-refractivity contribution in [3.8, 4) is 17.2 Å². The van der Waals surface area contributed by atoms with Crippen molar-refractivity contribution in [1.29, 1.82) is 0 Å². The van der Waals surface area contributed by atoms with E-state index in [0.717, 1.165) is 11.3 Å². The predicted octanol–water partition coefficient (Wildman–Crippen LogP) is 3.05. The summed E-state index contributed by atoms with van der Waals surface area (Å²) in [6.45, 7) is 3.18. The minimum atomic E-state index is -0.766. The molecule has 0 aliphatic heterocycles. The Morgan fingerprint density at radius 1 is 0.967 bits per heavy atom. The molecule has 0 bridgehead atoms. The van der Waals surface area contributed by atoms with Gasteiger partial charge in [-0.1, -0.05) is 0 Å². The third-order valence-corrected chi connectivity index (χ3v) is 5.03. The number of ether oxygens (including phenoxy) is 5. The molecule has 0 atom stereocenters. The van der Waals surface area contributed by atoms with Gasteiger partial charge in [0.1, 0.15) is 10.4 Å². The zero-order chi connectivity index (χ0) is 22.3. The number of carbonyl (C=O) groups excluding carboxylic acids is 3. The van der Waals surface area contributed by atoms with Crippen LogP contribution in [0.25, 0.3) is 0 Å². The van der Waals surface area contributed by atoms with Crippen molar-refractivity contribution in [3.63, 3.8) is 0 Å². The van der Waals surface area contributed by atoms with Crippen LogP contribution in [0.1, 0.15) is 32.5 Å². The minimum absolute atomic E-state index is 0.0829. The molecule has 2 aromatic rings. The monoisotopic (exact) mass is 437 g/mol. The molecule has 1 heterocycles. The number of rotatable bonds is 9. The van der Waals surface area contributed by atoms with Gasteiger partial charge in [-0.2, -0.15) is 0 Å². The van der Waals surface area contributed by atoms with E-state index in [1.165, 1.54) is 33.5 Å². The summed E-state index contributed by atoms with van der Waals surface area (Å²) in [5.74, 6) is -1.02. The first-order valence-corrected chi connectivity index (χ1v) is 9.71. The molecule has 162 valence electrons. The van der Waals surface area contributed by atoms with Crippen molar-refractivity contribution >= 4 is 34.2 Å². The summed E-state index contributed by atoms with van der Waals surface area (Å²) in [6, 6.07) is 4.63. The number of nitrogens with one attached hydrogen (secondary N) is 1. The lowest BCUT2D eigenvalue weighted by molar-refractivity contribution is -0.119. The summed E-state index contributed by atoms with van der Waals surface area (Å²) in [5, 5.41) is 3.04. The Morgan fingerprint density at radius 3 is 2.27 bits per heavy atom. The second-order valence-corrected chi connectivity index (χ2v) is 6.90. The molecule has 1 amide bonds. The van der Waals surface area contributed by atoms with Crippen LogP contribution in [-0.4, -0.2) is 52.4 Å². The minimum Gasteiger partial charge on any atom is -0.493 e. The molecular formula is C20H23NO8S. The lowest BCUT2D eigenvalue weighted by atomic mass is 10.1. The molecular weight excluding hydrogens is 414 g/mol. The predicted molar refractivity (Wildman–Crippen MR) is 110 cm³/mol. The summed E-state index contributed by atoms with van der Waals surface area (Å²) in [5.41, 5.74) is 0.764. The topological polar surface area (TPSA) is 109 Å². The van der Waals surface area contributed by atoms with Crippen LogP contribution < -0.4 is 19.5 Å². The standard InChI is InChI=1S/C20H23NO8S/c1-6-28-20(24)18-11(2)9-15(30-18)21-14(22)10-29-19(23)12-7-8-13(25-3)17(27-5)16(12)26-4/h7-9H,6,10H2,1-5H3,(H,21,22). The molecule has 9 nitrogen and oxygen atoms in total. The van der Waals surface area contributed by atoms with E-state index in [9.17, 15) is 14.4 Å². The van der Waals surface area contributed by atoms with Gasteiger partial charge in [0.2, 0.25) is 5.75 Å². The maximum Gasteiger partial charge on any atom is 0.348 e. The molecule has 0 saturated heterocycles. The first-order valence-electron chi connectivity index (χ1n) is 8.89. The van der Waals surface area contributed by atoms with Gasteiger partial charge in [-0.05, 0) is 37.6 Å². The van der Waals surface area contributed by atoms with Crippen LogP contribution in [0.2, 0.25) is 0 Å². The summed E-state index contributed by atoms with van der Waals surface area (Å²) < 4.78 is 25.7. The van der Waals surface area contributed by atoms with Crippen molar-refractivity contribution < 1.29 is 38.1 Å². The van der Waals surface area contributed by atoms with E-state index in [0.29, 0.717) is 21.2 Å². The van der Waals surface area contributed by atoms with Crippen molar-refractivity contribution in [2.24, 2.45) is 0 Å². The Kier molecular flexibility index (Phi) is 8.05. The van der Waals surface area contributed by atoms with Gasteiger partial charge < -0.3 is 29.0 Å². The van der Waals surface area contributed by atoms with E-state index in [1.807, 2.05) is 0 Å². The van der Waals surface area contributed by atoms with Crippen molar-refractivity contribution in [1.82, 2.24) is 0 Å². The van der Waals surface area contributed by atoms with Crippen LogP contribution in [0.3, 0.4) is 0 Å². The van der Waals surface area contributed by atoms with Crippen LogP contribution in [0.5, 0.6) is 17.2 Å². The zero-order valence-corrected chi connectivity index (χ0v) is 18.1. The van der Waals surface area contributed by atoms with Gasteiger partial charge in [0.25, 0.3) is 5.91 Å². The first-order chi connectivity index (χ1) is 14.4. The molecule has 0 aliphatic rings. The lowest BCUT2D eigenvalue weighted by Gasteiger charge is -2.15. The maximum atomic E-state index is 12.4. The summed E-state index contributed by atoms with van der Waals surface area (Å²) in [7, 11) is 4.25. The molecule has 10 heteroatoms. The van der Waals surface area contributed by atoms with Gasteiger partial charge >= 0.3 is 11.9 Å². The van der Waals surface area contributed by atoms with Crippen molar-refractivity contribution in [2.75, 3.05) is 39.9 Å². The fourth-order valence-corrected chi connectivity index (χ4v) is 3.57. The number of amides is 1. The molecule has 0 saturated carbocycles. The molecule has 1 aromatic heterocycles. The molecule has 1 N–H and O–H groups in total. The Morgan fingerprint density at radius 2 is 1.67 bits per heavy atom. The number of aryl methyl sites for hydroxylation is 1. The fraction of sp³-hybridized carbons (Fsp3) is 0.350. The van der Waals surface area contributed by atoms with Gasteiger partial charge in [0.05, 0.1) is 32.9 Å². The third-order valence-electron chi connectivity index (χ3n) is 3.90. The summed E-state index contributed by atoms with van der Waals surface area (Å²) in [4.78, 5) is 36.9. The second-order valence-electron chi connectivity index (χ2n) is 5.85. The molecule has 0 fully saturated rings. The number of hydrogen-bond acceptors (Lipinski definition) is 9. The van der Waals surface area contributed by atoms with E-state index >= 15 is 0 Å². The van der Waals surface area contributed by atoms with Crippen LogP contribution in [0.15, 0.2) is 18.2 Å². The maximum absolute atomic E-state index is 12.4. The molecule has 2 rings (SSSR count). The summed E-state index contributed by atoms with van der Waals surface area (Å²) >= 11 is 1.08. The first kappa shape index (κ1) is 23.0. The van der Waals surface area contributed by atoms with E-state index in [4.69, 9.17) is 23.7 Å². The number of carbonyl (C=O) groups is 3. The SMILES string of the molecule is CCOC(=O)c1sc(NC(=O)COC(=O)c2ccc(OC)c(OC)c2OC)cc1C. The van der Waals surface area contributed by atoms with Crippen molar-refractivity contribution in [3.05, 3.63) is 34.2 Å². The van der Waals surface area contributed by atoms with Gasteiger partial charge in [0.15, 0.2) is 18.1 Å². The average molecular weight is 437 g/mol. The van der Waals surface area contributed by atoms with Crippen LogP contribution >= 0.6 is 11.3 Å². The van der Waals surface area contributed by atoms with Gasteiger partial charge in [-0.25, -0.2) is 9.59 Å². The van der Waals surface area contributed by atoms with Crippen molar-refractivity contribution in [2.45, 2.75) is 13.8 Å². The normalized spacial score (nSPS) is 10.2. The van der Waals surface area contributed by atoms with E-state index < -0.39 is 24.5 Å². The Bertz CT molecular complexity index is 937. The zero-order valence-electron chi connectivity index (χ0n) is 17.3. The highest BCUT2D eigenvalue weighted by Gasteiger charge is 2.23. The molecule has 1 aromatic carbocycles. The smallest absolute Gasteiger partial charge is 0.348 e. The van der Waals surface area contributed by atoms with Crippen LogP contribution in [-0.2, 0) is 14.3 Å². The Balaban J connectivity index is 2.04. The number of benzene rings is 1. The van der Waals surface area contributed by atoms with Gasteiger partial charge in [-0.15, -0.1) is 11.3 Å². The molecule has 0 unspecified atom stereocenters. The Labute approximate surface area is 177 Å². The van der Waals surface area contributed by atoms with Gasteiger partial charge in [0, 0.05) is 0 Å². The largest absolute Gasteiger partial charge is 0.493 e. The molecule has 0 spiro atoms. The van der Waals surface area contributed by atoms with Gasteiger partial charge in [-0.3, -0.25) is 4.79 Å².